The van der Waals surface area contributed by atoms with Crippen LogP contribution in [0.5, 0.6) is 0 Å². The highest BCUT2D eigenvalue weighted by atomic mass is 32.1. The van der Waals surface area contributed by atoms with Crippen molar-refractivity contribution in [2.45, 2.75) is 39.2 Å². The van der Waals surface area contributed by atoms with Crippen molar-refractivity contribution in [1.82, 2.24) is 4.98 Å². The van der Waals surface area contributed by atoms with E-state index in [0.717, 1.165) is 28.8 Å². The van der Waals surface area contributed by atoms with E-state index in [4.69, 9.17) is 0 Å². The molecule has 0 spiro atoms. The number of hydrogen-bond acceptors (Lipinski definition) is 4. The molecular weight excluding hydrogens is 232 g/mol. The van der Waals surface area contributed by atoms with Crippen molar-refractivity contribution in [2.75, 3.05) is 18.0 Å². The molecule has 3 nitrogen and oxygen atoms in total. The number of aliphatic hydroxyl groups excluding tert-OH is 1. The van der Waals surface area contributed by atoms with Gasteiger partial charge in [-0.25, -0.2) is 4.98 Å². The molecule has 0 amide bonds. The van der Waals surface area contributed by atoms with Crippen LogP contribution >= 0.6 is 11.3 Å². The Hall–Kier alpha value is -0.870. The average Bonchev–Trinajstić information content (AvgIpc) is 2.69. The highest BCUT2D eigenvalue weighted by molar-refractivity contribution is 7.16. The zero-order valence-corrected chi connectivity index (χ0v) is 11.3. The first kappa shape index (κ1) is 12.6. The van der Waals surface area contributed by atoms with E-state index in [1.54, 1.807) is 24.3 Å². The predicted octanol–water partition coefficient (Wildman–Crippen LogP) is 2.84. The van der Waals surface area contributed by atoms with Crippen molar-refractivity contribution in [3.8, 4) is 0 Å². The quantitative estimate of drug-likeness (QED) is 0.898. The van der Waals surface area contributed by atoms with Crippen molar-refractivity contribution in [1.29, 1.82) is 0 Å². The molecule has 0 aliphatic carbocycles. The van der Waals surface area contributed by atoms with Crippen molar-refractivity contribution >= 4 is 22.5 Å². The normalized spacial score (nSPS) is 18.9. The van der Waals surface area contributed by atoms with Crippen LogP contribution in [0.4, 0.5) is 5.13 Å². The molecule has 1 aliphatic rings. The fourth-order valence-electron chi connectivity index (χ4n) is 2.00. The minimum atomic E-state index is -0.394. The van der Waals surface area contributed by atoms with E-state index in [0.29, 0.717) is 0 Å². The number of aromatic nitrogens is 1. The second kappa shape index (κ2) is 5.65. The summed E-state index contributed by atoms with van der Waals surface area (Å²) in [6, 6.07) is 0. The van der Waals surface area contributed by atoms with Gasteiger partial charge in [-0.05, 0) is 39.2 Å². The molecule has 0 saturated carbocycles. The summed E-state index contributed by atoms with van der Waals surface area (Å²) >= 11 is 1.72. The summed E-state index contributed by atoms with van der Waals surface area (Å²) in [5.41, 5.74) is 1.06. The van der Waals surface area contributed by atoms with Crippen LogP contribution in [-0.4, -0.2) is 29.3 Å². The summed E-state index contributed by atoms with van der Waals surface area (Å²) < 4.78 is 0. The van der Waals surface area contributed by atoms with E-state index < -0.39 is 6.10 Å². The zero-order chi connectivity index (χ0) is 12.3. The summed E-state index contributed by atoms with van der Waals surface area (Å²) in [5.74, 6) is 0. The first-order valence-corrected chi connectivity index (χ1v) is 7.07. The standard InChI is InChI=1S/C13H20N2OS/c1-10(16)6-7-12-11(2)14-13(17-12)15-8-4-3-5-9-15/h6-7,10,16H,3-5,8-9H2,1-2H3/b7-6+. The Kier molecular flexibility index (Phi) is 4.18. The van der Waals surface area contributed by atoms with Gasteiger partial charge in [0.05, 0.1) is 16.7 Å². The third kappa shape index (κ3) is 3.30. The van der Waals surface area contributed by atoms with Crippen molar-refractivity contribution in [3.63, 3.8) is 0 Å². The van der Waals surface area contributed by atoms with Gasteiger partial charge < -0.3 is 10.0 Å². The first-order chi connectivity index (χ1) is 8.16. The summed E-state index contributed by atoms with van der Waals surface area (Å²) in [5, 5.41) is 10.4. The van der Waals surface area contributed by atoms with Gasteiger partial charge in [0.15, 0.2) is 5.13 Å². The van der Waals surface area contributed by atoms with Crippen LogP contribution < -0.4 is 4.90 Å². The van der Waals surface area contributed by atoms with Gasteiger partial charge in [-0.2, -0.15) is 0 Å². The van der Waals surface area contributed by atoms with E-state index in [1.807, 2.05) is 13.0 Å². The van der Waals surface area contributed by atoms with Gasteiger partial charge in [0, 0.05) is 13.1 Å². The molecule has 4 heteroatoms. The number of rotatable bonds is 3. The van der Waals surface area contributed by atoms with Crippen molar-refractivity contribution < 1.29 is 5.11 Å². The van der Waals surface area contributed by atoms with Crippen LogP contribution in [0.15, 0.2) is 6.08 Å². The van der Waals surface area contributed by atoms with Gasteiger partial charge in [-0.3, -0.25) is 0 Å². The van der Waals surface area contributed by atoms with Crippen LogP contribution in [0.1, 0.15) is 36.8 Å². The predicted molar refractivity (Wildman–Crippen MR) is 73.6 cm³/mol. The van der Waals surface area contributed by atoms with Crippen LogP contribution in [0.3, 0.4) is 0 Å². The maximum absolute atomic E-state index is 9.25. The Morgan fingerprint density at radius 3 is 2.71 bits per heavy atom. The van der Waals surface area contributed by atoms with Crippen LogP contribution in [0, 0.1) is 6.92 Å². The number of piperidine rings is 1. The topological polar surface area (TPSA) is 36.4 Å². The molecule has 1 atom stereocenters. The van der Waals surface area contributed by atoms with E-state index in [-0.39, 0.29) is 0 Å². The monoisotopic (exact) mass is 252 g/mol. The molecular formula is C13H20N2OS. The van der Waals surface area contributed by atoms with E-state index >= 15 is 0 Å². The van der Waals surface area contributed by atoms with Crippen molar-refractivity contribution in [2.24, 2.45) is 0 Å². The Bertz CT molecular complexity index is 392. The number of hydrogen-bond donors (Lipinski definition) is 1. The van der Waals surface area contributed by atoms with Crippen molar-refractivity contribution in [3.05, 3.63) is 16.6 Å². The van der Waals surface area contributed by atoms with Gasteiger partial charge in [0.25, 0.3) is 0 Å². The van der Waals surface area contributed by atoms with Gasteiger partial charge in [-0.15, -0.1) is 0 Å². The van der Waals surface area contributed by atoms with Crippen LogP contribution in [-0.2, 0) is 0 Å². The minimum absolute atomic E-state index is 0.394. The summed E-state index contributed by atoms with van der Waals surface area (Å²) in [7, 11) is 0. The third-order valence-electron chi connectivity index (χ3n) is 2.97. The molecule has 2 rings (SSSR count). The minimum Gasteiger partial charge on any atom is -0.389 e. The van der Waals surface area contributed by atoms with E-state index in [1.165, 1.54) is 19.3 Å². The second-order valence-corrected chi connectivity index (χ2v) is 5.60. The highest BCUT2D eigenvalue weighted by Gasteiger charge is 2.15. The Morgan fingerprint density at radius 2 is 2.06 bits per heavy atom. The molecule has 1 aromatic rings. The lowest BCUT2D eigenvalue weighted by atomic mass is 10.1. The Balaban J connectivity index is 2.12. The van der Waals surface area contributed by atoms with Gasteiger partial charge in [0.2, 0.25) is 0 Å². The fraction of sp³-hybridized carbons (Fsp3) is 0.615. The Morgan fingerprint density at radius 1 is 1.35 bits per heavy atom. The van der Waals surface area contributed by atoms with E-state index in [2.05, 4.69) is 9.88 Å². The maximum atomic E-state index is 9.25. The lowest BCUT2D eigenvalue weighted by molar-refractivity contribution is 0.245. The Labute approximate surface area is 107 Å². The summed E-state index contributed by atoms with van der Waals surface area (Å²) in [6.45, 7) is 6.06. The first-order valence-electron chi connectivity index (χ1n) is 6.25. The van der Waals surface area contributed by atoms with Gasteiger partial charge >= 0.3 is 0 Å². The van der Waals surface area contributed by atoms with Gasteiger partial charge in [-0.1, -0.05) is 17.4 Å². The SMILES string of the molecule is Cc1nc(N2CCCCC2)sc1/C=C/C(C)O. The maximum Gasteiger partial charge on any atom is 0.186 e. The smallest absolute Gasteiger partial charge is 0.186 e. The molecule has 1 aromatic heterocycles. The lowest BCUT2D eigenvalue weighted by Crippen LogP contribution is -2.29. The number of aryl methyl sites for hydroxylation is 1. The third-order valence-corrected chi connectivity index (χ3v) is 4.16. The number of aliphatic hydroxyl groups is 1. The largest absolute Gasteiger partial charge is 0.389 e. The number of thiazole rings is 1. The molecule has 1 fully saturated rings. The molecule has 0 aromatic carbocycles. The molecule has 1 unspecified atom stereocenters. The molecule has 0 bridgehead atoms. The summed E-state index contributed by atoms with van der Waals surface area (Å²) in [4.78, 5) is 8.16. The number of anilines is 1. The molecule has 1 N–H and O–H groups in total. The van der Waals surface area contributed by atoms with Crippen LogP contribution in [0.2, 0.25) is 0 Å². The molecule has 0 radical (unpaired) electrons. The average molecular weight is 252 g/mol. The van der Waals surface area contributed by atoms with E-state index in [9.17, 15) is 5.11 Å². The van der Waals surface area contributed by atoms with Crippen LogP contribution in [0.25, 0.3) is 6.08 Å². The highest BCUT2D eigenvalue weighted by Crippen LogP contribution is 2.29. The fourth-order valence-corrected chi connectivity index (χ4v) is 3.03. The summed E-state index contributed by atoms with van der Waals surface area (Å²) in [6.07, 6.45) is 7.28. The number of nitrogens with zero attached hydrogens (tertiary/aromatic N) is 2. The molecule has 1 aliphatic heterocycles. The lowest BCUT2D eigenvalue weighted by Gasteiger charge is -2.25. The zero-order valence-electron chi connectivity index (χ0n) is 10.5. The molecule has 17 heavy (non-hydrogen) atoms. The second-order valence-electron chi connectivity index (χ2n) is 4.59. The molecule has 2 heterocycles. The van der Waals surface area contributed by atoms with Gasteiger partial charge in [0.1, 0.15) is 0 Å². The molecule has 1 saturated heterocycles. The molecule has 94 valence electrons.